The standard InChI is InChI=1S/C11H20N2OS.ClH/c1-9-3-2-5-13(6-4-9)11(14)10-7-15-8-12-10;/h9-10,12H,2-8H2,1H3;1H. The van der Waals surface area contributed by atoms with Crippen LogP contribution in [0.15, 0.2) is 0 Å². The van der Waals surface area contributed by atoms with Crippen molar-refractivity contribution in [2.24, 2.45) is 5.92 Å². The third-order valence-electron chi connectivity index (χ3n) is 3.34. The molecule has 2 fully saturated rings. The topological polar surface area (TPSA) is 32.3 Å². The number of amides is 1. The summed E-state index contributed by atoms with van der Waals surface area (Å²) < 4.78 is 0. The highest BCUT2D eigenvalue weighted by molar-refractivity contribution is 7.99. The van der Waals surface area contributed by atoms with Gasteiger partial charge in [-0.25, -0.2) is 0 Å². The maximum Gasteiger partial charge on any atom is 0.240 e. The van der Waals surface area contributed by atoms with E-state index in [1.165, 1.54) is 19.3 Å². The van der Waals surface area contributed by atoms with Gasteiger partial charge in [-0.2, -0.15) is 0 Å². The van der Waals surface area contributed by atoms with Crippen molar-refractivity contribution in [3.8, 4) is 0 Å². The molecule has 5 heteroatoms. The smallest absolute Gasteiger partial charge is 0.240 e. The van der Waals surface area contributed by atoms with Crippen molar-refractivity contribution in [1.82, 2.24) is 10.2 Å². The van der Waals surface area contributed by atoms with Crippen LogP contribution in [-0.2, 0) is 4.79 Å². The van der Waals surface area contributed by atoms with Gasteiger partial charge in [-0.3, -0.25) is 10.1 Å². The molecule has 2 saturated heterocycles. The fourth-order valence-corrected chi connectivity index (χ4v) is 3.19. The lowest BCUT2D eigenvalue weighted by molar-refractivity contribution is -0.132. The van der Waals surface area contributed by atoms with Crippen molar-refractivity contribution in [3.63, 3.8) is 0 Å². The Morgan fingerprint density at radius 2 is 2.19 bits per heavy atom. The summed E-state index contributed by atoms with van der Waals surface area (Å²) in [7, 11) is 0. The highest BCUT2D eigenvalue weighted by atomic mass is 35.5. The van der Waals surface area contributed by atoms with Crippen LogP contribution in [0.4, 0.5) is 0 Å². The number of nitrogens with zero attached hydrogens (tertiary/aromatic N) is 1. The molecular formula is C11H21ClN2OS. The molecule has 3 nitrogen and oxygen atoms in total. The largest absolute Gasteiger partial charge is 0.341 e. The van der Waals surface area contributed by atoms with Crippen molar-refractivity contribution in [3.05, 3.63) is 0 Å². The molecule has 1 N–H and O–H groups in total. The summed E-state index contributed by atoms with van der Waals surface area (Å²) in [6.45, 7) is 4.21. The van der Waals surface area contributed by atoms with E-state index in [-0.39, 0.29) is 18.4 Å². The molecule has 16 heavy (non-hydrogen) atoms. The summed E-state index contributed by atoms with van der Waals surface area (Å²) in [6, 6.07) is 0.0865. The number of hydrogen-bond donors (Lipinski definition) is 1. The Morgan fingerprint density at radius 3 is 2.88 bits per heavy atom. The van der Waals surface area contributed by atoms with Crippen molar-refractivity contribution in [2.75, 3.05) is 24.7 Å². The maximum atomic E-state index is 12.1. The Hall–Kier alpha value is 0.0700. The van der Waals surface area contributed by atoms with Gasteiger partial charge in [-0.15, -0.1) is 24.2 Å². The number of likely N-dealkylation sites (tertiary alicyclic amines) is 1. The van der Waals surface area contributed by atoms with Gasteiger partial charge in [0.05, 0.1) is 6.04 Å². The van der Waals surface area contributed by atoms with E-state index >= 15 is 0 Å². The first-order valence-corrected chi connectivity index (χ1v) is 7.03. The van der Waals surface area contributed by atoms with Gasteiger partial charge in [-0.05, 0) is 25.2 Å². The van der Waals surface area contributed by atoms with Crippen LogP contribution in [0.3, 0.4) is 0 Å². The summed E-state index contributed by atoms with van der Waals surface area (Å²) in [5.74, 6) is 2.99. The zero-order chi connectivity index (χ0) is 10.7. The molecule has 2 rings (SSSR count). The molecule has 2 atom stereocenters. The third kappa shape index (κ3) is 3.54. The first-order chi connectivity index (χ1) is 7.27. The van der Waals surface area contributed by atoms with E-state index in [0.29, 0.717) is 5.91 Å². The Kier molecular flexibility index (Phi) is 5.94. The second-order valence-corrected chi connectivity index (χ2v) is 5.66. The van der Waals surface area contributed by atoms with Crippen LogP contribution in [0, 0.1) is 5.92 Å². The monoisotopic (exact) mass is 264 g/mol. The predicted octanol–water partition coefficient (Wildman–Crippen LogP) is 1.72. The number of carbonyl (C=O) groups excluding carboxylic acids is 1. The molecule has 1 amide bonds. The van der Waals surface area contributed by atoms with Gasteiger partial charge in [0.2, 0.25) is 5.91 Å². The number of carbonyl (C=O) groups is 1. The Balaban J connectivity index is 0.00000128. The van der Waals surface area contributed by atoms with Gasteiger partial charge in [0, 0.05) is 24.7 Å². The van der Waals surface area contributed by atoms with Crippen molar-refractivity contribution < 1.29 is 4.79 Å². The van der Waals surface area contributed by atoms with Gasteiger partial charge in [0.1, 0.15) is 0 Å². The summed E-state index contributed by atoms with van der Waals surface area (Å²) >= 11 is 1.82. The molecule has 2 aliphatic heterocycles. The van der Waals surface area contributed by atoms with Crippen LogP contribution in [0.2, 0.25) is 0 Å². The van der Waals surface area contributed by atoms with E-state index in [9.17, 15) is 4.79 Å². The molecule has 2 aliphatic rings. The molecule has 2 unspecified atom stereocenters. The normalized spacial score (nSPS) is 30.7. The highest BCUT2D eigenvalue weighted by Gasteiger charge is 2.28. The Bertz CT molecular complexity index is 234. The number of hydrogen-bond acceptors (Lipinski definition) is 3. The molecule has 0 bridgehead atoms. The highest BCUT2D eigenvalue weighted by Crippen LogP contribution is 2.19. The second-order valence-electron chi connectivity index (χ2n) is 4.63. The minimum absolute atomic E-state index is 0. The minimum Gasteiger partial charge on any atom is -0.341 e. The Morgan fingerprint density at radius 1 is 1.38 bits per heavy atom. The number of rotatable bonds is 1. The van der Waals surface area contributed by atoms with Crippen LogP contribution in [-0.4, -0.2) is 41.6 Å². The van der Waals surface area contributed by atoms with E-state index < -0.39 is 0 Å². The van der Waals surface area contributed by atoms with E-state index in [1.807, 2.05) is 11.8 Å². The first kappa shape index (κ1) is 14.1. The maximum absolute atomic E-state index is 12.1. The zero-order valence-corrected chi connectivity index (χ0v) is 11.4. The van der Waals surface area contributed by atoms with Gasteiger partial charge in [0.15, 0.2) is 0 Å². The zero-order valence-electron chi connectivity index (χ0n) is 9.78. The summed E-state index contributed by atoms with van der Waals surface area (Å²) in [5.41, 5.74) is 0. The average molecular weight is 265 g/mol. The average Bonchev–Trinajstić information content (AvgIpc) is 2.67. The van der Waals surface area contributed by atoms with Gasteiger partial charge in [-0.1, -0.05) is 6.92 Å². The molecule has 0 aromatic rings. The number of halogens is 1. The van der Waals surface area contributed by atoms with Gasteiger partial charge < -0.3 is 4.90 Å². The van der Waals surface area contributed by atoms with Crippen LogP contribution in [0.1, 0.15) is 26.2 Å². The fraction of sp³-hybridized carbons (Fsp3) is 0.909. The van der Waals surface area contributed by atoms with Crippen molar-refractivity contribution in [2.45, 2.75) is 32.2 Å². The van der Waals surface area contributed by atoms with Crippen LogP contribution >= 0.6 is 24.2 Å². The molecule has 0 aromatic carbocycles. The quantitative estimate of drug-likeness (QED) is 0.783. The van der Waals surface area contributed by atoms with E-state index in [0.717, 1.165) is 30.6 Å². The summed E-state index contributed by atoms with van der Waals surface area (Å²) in [6.07, 6.45) is 3.62. The minimum atomic E-state index is 0. The Labute approximate surface area is 108 Å². The lowest BCUT2D eigenvalue weighted by Gasteiger charge is -2.23. The molecule has 0 aromatic heterocycles. The summed E-state index contributed by atoms with van der Waals surface area (Å²) in [5, 5.41) is 3.26. The molecule has 2 heterocycles. The van der Waals surface area contributed by atoms with Crippen LogP contribution < -0.4 is 5.32 Å². The van der Waals surface area contributed by atoms with Gasteiger partial charge in [0.25, 0.3) is 0 Å². The number of nitrogens with one attached hydrogen (secondary N) is 1. The lowest BCUT2D eigenvalue weighted by Crippen LogP contribution is -2.45. The lowest BCUT2D eigenvalue weighted by atomic mass is 10.0. The molecule has 0 spiro atoms. The van der Waals surface area contributed by atoms with E-state index in [2.05, 4.69) is 17.1 Å². The van der Waals surface area contributed by atoms with Crippen LogP contribution in [0.25, 0.3) is 0 Å². The third-order valence-corrected chi connectivity index (χ3v) is 4.28. The van der Waals surface area contributed by atoms with Crippen molar-refractivity contribution >= 4 is 30.1 Å². The molecule has 0 radical (unpaired) electrons. The fourth-order valence-electron chi connectivity index (χ4n) is 2.26. The first-order valence-electron chi connectivity index (χ1n) is 5.87. The van der Waals surface area contributed by atoms with Gasteiger partial charge >= 0.3 is 0 Å². The van der Waals surface area contributed by atoms with Crippen molar-refractivity contribution in [1.29, 1.82) is 0 Å². The molecular weight excluding hydrogens is 244 g/mol. The van der Waals surface area contributed by atoms with E-state index in [4.69, 9.17) is 0 Å². The number of thioether (sulfide) groups is 1. The molecule has 0 saturated carbocycles. The van der Waals surface area contributed by atoms with Crippen LogP contribution in [0.5, 0.6) is 0 Å². The SMILES string of the molecule is CC1CCCN(C(=O)C2CSCN2)CC1.Cl. The second kappa shape index (κ2) is 6.72. The summed E-state index contributed by atoms with van der Waals surface area (Å²) in [4.78, 5) is 14.2. The predicted molar refractivity (Wildman–Crippen MR) is 71.1 cm³/mol. The molecule has 0 aliphatic carbocycles. The molecule has 94 valence electrons. The van der Waals surface area contributed by atoms with E-state index in [1.54, 1.807) is 0 Å².